The molecule has 1 fully saturated rings. The van der Waals surface area contributed by atoms with Crippen LogP contribution in [0.5, 0.6) is 0 Å². The van der Waals surface area contributed by atoms with Gasteiger partial charge in [-0.15, -0.1) is 0 Å². The van der Waals surface area contributed by atoms with Gasteiger partial charge in [-0.25, -0.2) is 9.37 Å². The number of anilines is 1. The molecule has 4 heterocycles. The number of furan rings is 1. The number of aromatic nitrogens is 3. The summed E-state index contributed by atoms with van der Waals surface area (Å²) in [4.78, 5) is 21.8. The maximum Gasteiger partial charge on any atom is 0.289 e. The van der Waals surface area contributed by atoms with Crippen LogP contribution in [0.15, 0.2) is 53.1 Å². The van der Waals surface area contributed by atoms with Gasteiger partial charge in [-0.05, 0) is 49.9 Å². The number of benzene rings is 1. The molecule has 168 valence electrons. The van der Waals surface area contributed by atoms with Gasteiger partial charge in [-0.1, -0.05) is 12.1 Å². The van der Waals surface area contributed by atoms with Crippen molar-refractivity contribution < 1.29 is 13.6 Å². The van der Waals surface area contributed by atoms with Gasteiger partial charge < -0.3 is 14.2 Å². The number of nitrogens with zero attached hydrogens (tertiary/aromatic N) is 5. The molecule has 1 saturated heterocycles. The second-order valence-corrected chi connectivity index (χ2v) is 8.63. The van der Waals surface area contributed by atoms with Gasteiger partial charge in [-0.2, -0.15) is 9.61 Å². The van der Waals surface area contributed by atoms with E-state index in [1.165, 1.54) is 24.0 Å². The number of carbonyl (C=O) groups excluding carboxylic acids is 1. The van der Waals surface area contributed by atoms with Gasteiger partial charge >= 0.3 is 0 Å². The van der Waals surface area contributed by atoms with E-state index in [1.807, 2.05) is 21.5 Å². The lowest BCUT2D eigenvalue weighted by Gasteiger charge is -2.37. The molecule has 0 atom stereocenters. The van der Waals surface area contributed by atoms with Gasteiger partial charge in [0.25, 0.3) is 5.91 Å². The fourth-order valence-corrected chi connectivity index (χ4v) is 4.92. The van der Waals surface area contributed by atoms with Crippen LogP contribution in [0.2, 0.25) is 0 Å². The molecule has 1 aliphatic heterocycles. The van der Waals surface area contributed by atoms with Crippen molar-refractivity contribution in [2.24, 2.45) is 0 Å². The third-order valence-electron chi connectivity index (χ3n) is 6.57. The average molecular weight is 445 g/mol. The third kappa shape index (κ3) is 3.55. The molecule has 0 radical (unpaired) electrons. The number of carbonyl (C=O) groups is 1. The molecule has 3 aromatic heterocycles. The van der Waals surface area contributed by atoms with Crippen molar-refractivity contribution >= 4 is 17.4 Å². The van der Waals surface area contributed by atoms with Crippen LogP contribution in [-0.4, -0.2) is 51.6 Å². The fraction of sp³-hybridized carbons (Fsp3) is 0.320. The monoisotopic (exact) mass is 445 g/mol. The smallest absolute Gasteiger partial charge is 0.289 e. The Morgan fingerprint density at radius 2 is 1.85 bits per heavy atom. The Morgan fingerprint density at radius 3 is 2.64 bits per heavy atom. The van der Waals surface area contributed by atoms with Crippen LogP contribution in [-0.2, 0) is 12.8 Å². The fourth-order valence-electron chi connectivity index (χ4n) is 4.92. The molecule has 0 unspecified atom stereocenters. The summed E-state index contributed by atoms with van der Waals surface area (Å²) in [7, 11) is 0. The first kappa shape index (κ1) is 20.0. The summed E-state index contributed by atoms with van der Waals surface area (Å²) >= 11 is 0. The Hall–Kier alpha value is -3.68. The minimum Gasteiger partial charge on any atom is -0.459 e. The molecule has 0 spiro atoms. The Morgan fingerprint density at radius 1 is 1.00 bits per heavy atom. The van der Waals surface area contributed by atoms with E-state index in [4.69, 9.17) is 14.5 Å². The van der Waals surface area contributed by atoms with Crippen molar-refractivity contribution in [1.29, 1.82) is 0 Å². The van der Waals surface area contributed by atoms with Crippen LogP contribution < -0.4 is 4.90 Å². The highest BCUT2D eigenvalue weighted by molar-refractivity contribution is 5.91. The third-order valence-corrected chi connectivity index (χ3v) is 6.57. The van der Waals surface area contributed by atoms with E-state index in [0.29, 0.717) is 37.6 Å². The predicted octanol–water partition coefficient (Wildman–Crippen LogP) is 3.97. The summed E-state index contributed by atoms with van der Waals surface area (Å²) in [6, 6.07) is 11.9. The maximum atomic E-state index is 13.8. The van der Waals surface area contributed by atoms with Gasteiger partial charge in [-0.3, -0.25) is 4.79 Å². The summed E-state index contributed by atoms with van der Waals surface area (Å²) in [5.74, 6) is 1.07. The van der Waals surface area contributed by atoms with Gasteiger partial charge in [0.2, 0.25) is 0 Å². The molecule has 0 saturated carbocycles. The zero-order chi connectivity index (χ0) is 22.4. The van der Waals surface area contributed by atoms with Crippen molar-refractivity contribution in [3.63, 3.8) is 0 Å². The molecule has 4 aromatic rings. The SMILES string of the molecule is O=C(c1ccco1)N1CCN(c2c3c(nc4cc(-c5cccc(F)c5)nn24)CCCC3)CC1. The van der Waals surface area contributed by atoms with E-state index in [0.717, 1.165) is 48.4 Å². The highest BCUT2D eigenvalue weighted by atomic mass is 19.1. The second-order valence-electron chi connectivity index (χ2n) is 8.63. The number of hydrogen-bond acceptors (Lipinski definition) is 5. The van der Waals surface area contributed by atoms with Crippen molar-refractivity contribution in [3.8, 4) is 11.3 Å². The lowest BCUT2D eigenvalue weighted by Crippen LogP contribution is -2.49. The molecule has 6 rings (SSSR count). The Balaban J connectivity index is 1.37. The summed E-state index contributed by atoms with van der Waals surface area (Å²) < 4.78 is 21.0. The number of amides is 1. The van der Waals surface area contributed by atoms with E-state index in [2.05, 4.69) is 4.90 Å². The Kier molecular flexibility index (Phi) is 4.86. The first-order valence-corrected chi connectivity index (χ1v) is 11.4. The quantitative estimate of drug-likeness (QED) is 0.477. The van der Waals surface area contributed by atoms with Crippen molar-refractivity contribution in [2.75, 3.05) is 31.1 Å². The minimum atomic E-state index is -0.283. The molecule has 2 aliphatic rings. The van der Waals surface area contributed by atoms with Crippen LogP contribution in [0.4, 0.5) is 10.2 Å². The van der Waals surface area contributed by atoms with Gasteiger partial charge in [0, 0.05) is 49.1 Å². The standard InChI is InChI=1S/C25H24FN5O2/c26-18-6-3-5-17(15-18)21-16-23-27-20-8-2-1-7-19(20)24(31(23)28-21)29-10-12-30(13-11-29)25(32)22-9-4-14-33-22/h3-6,9,14-16H,1-2,7-8,10-13H2. The lowest BCUT2D eigenvalue weighted by atomic mass is 9.96. The highest BCUT2D eigenvalue weighted by Crippen LogP contribution is 2.32. The van der Waals surface area contributed by atoms with Crippen molar-refractivity contribution in [3.05, 3.63) is 71.6 Å². The Bertz CT molecular complexity index is 1320. The molecule has 1 aromatic carbocycles. The van der Waals surface area contributed by atoms with E-state index in [1.54, 1.807) is 18.2 Å². The number of rotatable bonds is 3. The van der Waals surface area contributed by atoms with Crippen molar-refractivity contribution in [2.45, 2.75) is 25.7 Å². The zero-order valence-electron chi connectivity index (χ0n) is 18.2. The molecule has 8 heteroatoms. The number of halogens is 1. The highest BCUT2D eigenvalue weighted by Gasteiger charge is 2.29. The van der Waals surface area contributed by atoms with Crippen LogP contribution in [0.3, 0.4) is 0 Å². The first-order valence-electron chi connectivity index (χ1n) is 11.4. The largest absolute Gasteiger partial charge is 0.459 e. The molecule has 1 aliphatic carbocycles. The average Bonchev–Trinajstić information content (AvgIpc) is 3.52. The number of aryl methyl sites for hydroxylation is 1. The van der Waals surface area contributed by atoms with Gasteiger partial charge in [0.05, 0.1) is 12.0 Å². The summed E-state index contributed by atoms with van der Waals surface area (Å²) in [5.41, 5.74) is 4.59. The summed E-state index contributed by atoms with van der Waals surface area (Å²) in [6.07, 6.45) is 5.70. The predicted molar refractivity (Wildman–Crippen MR) is 122 cm³/mol. The number of hydrogen-bond donors (Lipinski definition) is 0. The zero-order valence-corrected chi connectivity index (χ0v) is 18.2. The number of fused-ring (bicyclic) bond motifs is 2. The van der Waals surface area contributed by atoms with E-state index in [-0.39, 0.29) is 11.7 Å². The molecule has 1 amide bonds. The molecule has 33 heavy (non-hydrogen) atoms. The maximum absolute atomic E-state index is 13.8. The van der Waals surface area contributed by atoms with Gasteiger partial charge in [0.1, 0.15) is 11.6 Å². The molecule has 0 N–H and O–H groups in total. The first-order chi connectivity index (χ1) is 16.2. The van der Waals surface area contributed by atoms with E-state index < -0.39 is 0 Å². The lowest BCUT2D eigenvalue weighted by molar-refractivity contribution is 0.0714. The van der Waals surface area contributed by atoms with Crippen LogP contribution in [0.25, 0.3) is 16.9 Å². The molecular weight excluding hydrogens is 421 g/mol. The molecular formula is C25H24FN5O2. The van der Waals surface area contributed by atoms with Crippen molar-refractivity contribution in [1.82, 2.24) is 19.5 Å². The topological polar surface area (TPSA) is 66.9 Å². The molecule has 0 bridgehead atoms. The van der Waals surface area contributed by atoms with E-state index in [9.17, 15) is 9.18 Å². The minimum absolute atomic E-state index is 0.0750. The number of piperazine rings is 1. The second kappa shape index (κ2) is 8.03. The summed E-state index contributed by atoms with van der Waals surface area (Å²) in [5, 5.41) is 4.85. The van der Waals surface area contributed by atoms with Gasteiger partial charge in [0.15, 0.2) is 11.4 Å². The normalized spacial score (nSPS) is 16.3. The van der Waals surface area contributed by atoms with Crippen LogP contribution in [0, 0.1) is 5.82 Å². The summed E-state index contributed by atoms with van der Waals surface area (Å²) in [6.45, 7) is 2.62. The Labute approximate surface area is 190 Å². The van der Waals surface area contributed by atoms with Crippen LogP contribution >= 0.6 is 0 Å². The van der Waals surface area contributed by atoms with Crippen LogP contribution in [0.1, 0.15) is 34.7 Å². The molecule has 7 nitrogen and oxygen atoms in total. The van der Waals surface area contributed by atoms with E-state index >= 15 is 0 Å².